The quantitative estimate of drug-likeness (QED) is 0.699. The zero-order valence-corrected chi connectivity index (χ0v) is 13.9. The molecule has 0 saturated carbocycles. The van der Waals surface area contributed by atoms with E-state index in [9.17, 15) is 14.4 Å². The van der Waals surface area contributed by atoms with E-state index in [0.29, 0.717) is 12.2 Å². The number of rotatable bonds is 5. The number of carbonyl (C=O) groups excluding carboxylic acids is 2. The van der Waals surface area contributed by atoms with Crippen LogP contribution in [0.4, 0.5) is 5.69 Å². The van der Waals surface area contributed by atoms with E-state index in [2.05, 4.69) is 15.5 Å². The van der Waals surface area contributed by atoms with E-state index < -0.39 is 11.9 Å². The number of H-pyrrole nitrogens is 1. The molecule has 0 radical (unpaired) electrons. The number of aromatic nitrogens is 2. The Bertz CT molecular complexity index is 872. The van der Waals surface area contributed by atoms with Crippen molar-refractivity contribution < 1.29 is 19.5 Å². The smallest absolute Gasteiger partial charge is 0.356 e. The van der Waals surface area contributed by atoms with Crippen molar-refractivity contribution in [3.05, 3.63) is 59.4 Å². The van der Waals surface area contributed by atoms with Crippen LogP contribution >= 0.6 is 0 Å². The number of aryl methyl sites for hydroxylation is 1. The van der Waals surface area contributed by atoms with Crippen LogP contribution in [0.25, 0.3) is 0 Å². The number of hydrogen-bond acceptors (Lipinski definition) is 4. The molecule has 0 unspecified atom stereocenters. The normalized spacial score (nSPS) is 13.5. The highest BCUT2D eigenvalue weighted by Crippen LogP contribution is 2.26. The molecule has 8 heteroatoms. The van der Waals surface area contributed by atoms with Gasteiger partial charge in [0.05, 0.1) is 12.2 Å². The largest absolute Gasteiger partial charge is 0.476 e. The minimum Gasteiger partial charge on any atom is -0.476 e. The molecule has 2 heterocycles. The molecule has 0 spiro atoms. The molecule has 1 aliphatic rings. The Morgan fingerprint density at radius 3 is 2.85 bits per heavy atom. The Labute approximate surface area is 149 Å². The number of fused-ring (bicyclic) bond motifs is 1. The van der Waals surface area contributed by atoms with E-state index in [-0.39, 0.29) is 18.1 Å². The topological polar surface area (TPSA) is 115 Å². The molecule has 2 aromatic rings. The van der Waals surface area contributed by atoms with Gasteiger partial charge in [0.25, 0.3) is 5.91 Å². The molecule has 1 aromatic carbocycles. The molecule has 3 rings (SSSR count). The number of carboxylic acids is 1. The molecule has 0 atom stereocenters. The number of para-hydroxylation sites is 1. The minimum atomic E-state index is -1.15. The van der Waals surface area contributed by atoms with Crippen LogP contribution in [-0.2, 0) is 22.6 Å². The number of amides is 2. The third-order valence-electron chi connectivity index (χ3n) is 4.06. The Balaban J connectivity index is 1.56. The van der Waals surface area contributed by atoms with Gasteiger partial charge in [-0.3, -0.25) is 14.7 Å². The second-order valence-electron chi connectivity index (χ2n) is 5.86. The van der Waals surface area contributed by atoms with Crippen molar-refractivity contribution in [3.8, 4) is 0 Å². The van der Waals surface area contributed by atoms with E-state index in [4.69, 9.17) is 5.11 Å². The van der Waals surface area contributed by atoms with E-state index in [1.807, 2.05) is 24.3 Å². The first-order chi connectivity index (χ1) is 12.5. The minimum absolute atomic E-state index is 0.0875. The van der Waals surface area contributed by atoms with Gasteiger partial charge in [-0.1, -0.05) is 18.2 Å². The average Bonchev–Trinajstić information content (AvgIpc) is 3.13. The summed E-state index contributed by atoms with van der Waals surface area (Å²) in [5.74, 6) is -1.84. The fourth-order valence-electron chi connectivity index (χ4n) is 2.80. The van der Waals surface area contributed by atoms with Crippen LogP contribution in [0.2, 0.25) is 0 Å². The van der Waals surface area contributed by atoms with Crippen LogP contribution in [0, 0.1) is 0 Å². The van der Waals surface area contributed by atoms with Crippen molar-refractivity contribution in [1.29, 1.82) is 0 Å². The lowest BCUT2D eigenvalue weighted by Crippen LogP contribution is -2.34. The molecular weight excluding hydrogens is 336 g/mol. The van der Waals surface area contributed by atoms with Crippen molar-refractivity contribution in [2.24, 2.45) is 0 Å². The standard InChI is InChI=1S/C18H18N4O4/c23-16(19-11-13-10-14(18(25)26)21-20-13)7-8-17(24)22-9-3-5-12-4-1-2-6-15(12)22/h1-2,4,6-8,10H,3,5,9,11H2,(H,19,23)(H,20,21)(H,25,26)/b8-7+. The molecular formula is C18H18N4O4. The third-order valence-corrected chi connectivity index (χ3v) is 4.06. The van der Waals surface area contributed by atoms with E-state index in [0.717, 1.165) is 24.1 Å². The first kappa shape index (κ1) is 17.4. The highest BCUT2D eigenvalue weighted by molar-refractivity contribution is 6.05. The van der Waals surface area contributed by atoms with Crippen LogP contribution in [0.15, 0.2) is 42.5 Å². The predicted molar refractivity (Wildman–Crippen MR) is 93.6 cm³/mol. The van der Waals surface area contributed by atoms with E-state index >= 15 is 0 Å². The number of carbonyl (C=O) groups is 3. The zero-order chi connectivity index (χ0) is 18.5. The molecule has 1 aromatic heterocycles. The van der Waals surface area contributed by atoms with Crippen molar-refractivity contribution >= 4 is 23.5 Å². The van der Waals surface area contributed by atoms with Crippen molar-refractivity contribution in [2.45, 2.75) is 19.4 Å². The van der Waals surface area contributed by atoms with E-state index in [1.54, 1.807) is 4.90 Å². The summed E-state index contributed by atoms with van der Waals surface area (Å²) in [6.07, 6.45) is 4.24. The summed E-state index contributed by atoms with van der Waals surface area (Å²) in [7, 11) is 0. The number of hydrogen-bond donors (Lipinski definition) is 3. The number of aromatic amines is 1. The number of carboxylic acid groups (broad SMARTS) is 1. The number of anilines is 1. The summed E-state index contributed by atoms with van der Waals surface area (Å²) in [6, 6.07) is 9.07. The SMILES string of the molecule is O=C(/C=C/C(=O)N1CCCc2ccccc21)NCc1cc(C(=O)O)n[nH]1. The van der Waals surface area contributed by atoms with Crippen molar-refractivity contribution in [3.63, 3.8) is 0 Å². The summed E-state index contributed by atoms with van der Waals surface area (Å²) in [4.78, 5) is 36.7. The highest BCUT2D eigenvalue weighted by Gasteiger charge is 2.20. The maximum atomic E-state index is 12.4. The van der Waals surface area contributed by atoms with Crippen molar-refractivity contribution in [2.75, 3.05) is 11.4 Å². The van der Waals surface area contributed by atoms with Crippen LogP contribution in [0.1, 0.15) is 28.2 Å². The maximum absolute atomic E-state index is 12.4. The van der Waals surface area contributed by atoms with Gasteiger partial charge in [-0.15, -0.1) is 0 Å². The summed E-state index contributed by atoms with van der Waals surface area (Å²) in [5, 5.41) is 17.5. The van der Waals surface area contributed by atoms with Gasteiger partial charge in [-0.25, -0.2) is 4.79 Å². The van der Waals surface area contributed by atoms with Crippen molar-refractivity contribution in [1.82, 2.24) is 15.5 Å². The second kappa shape index (κ2) is 7.64. The monoisotopic (exact) mass is 354 g/mol. The molecule has 8 nitrogen and oxygen atoms in total. The Kier molecular flexibility index (Phi) is 5.12. The average molecular weight is 354 g/mol. The zero-order valence-electron chi connectivity index (χ0n) is 13.9. The van der Waals surface area contributed by atoms with Gasteiger partial charge in [-0.05, 0) is 30.5 Å². The summed E-state index contributed by atoms with van der Waals surface area (Å²) in [5.41, 5.74) is 2.34. The summed E-state index contributed by atoms with van der Waals surface area (Å²) < 4.78 is 0. The second-order valence-corrected chi connectivity index (χ2v) is 5.86. The van der Waals surface area contributed by atoms with Gasteiger partial charge < -0.3 is 15.3 Å². The lowest BCUT2D eigenvalue weighted by molar-refractivity contribution is -0.118. The van der Waals surface area contributed by atoms with Gasteiger partial charge in [-0.2, -0.15) is 5.10 Å². The molecule has 1 aliphatic heterocycles. The number of benzene rings is 1. The molecule has 0 fully saturated rings. The lowest BCUT2D eigenvalue weighted by atomic mass is 10.0. The summed E-state index contributed by atoms with van der Waals surface area (Å²) >= 11 is 0. The van der Waals surface area contributed by atoms with Crippen LogP contribution in [0.5, 0.6) is 0 Å². The van der Waals surface area contributed by atoms with Crippen LogP contribution in [0.3, 0.4) is 0 Å². The molecule has 26 heavy (non-hydrogen) atoms. The van der Waals surface area contributed by atoms with Crippen LogP contribution in [-0.4, -0.2) is 39.6 Å². The van der Waals surface area contributed by atoms with Gasteiger partial charge in [0.2, 0.25) is 5.91 Å². The molecule has 3 N–H and O–H groups in total. The van der Waals surface area contributed by atoms with Gasteiger partial charge >= 0.3 is 5.97 Å². The third kappa shape index (κ3) is 3.97. The Morgan fingerprint density at radius 2 is 2.08 bits per heavy atom. The Hall–Kier alpha value is -3.42. The molecule has 134 valence electrons. The Morgan fingerprint density at radius 1 is 1.27 bits per heavy atom. The molecule has 2 amide bonds. The fourth-order valence-corrected chi connectivity index (χ4v) is 2.80. The number of nitrogens with zero attached hydrogens (tertiary/aromatic N) is 2. The maximum Gasteiger partial charge on any atom is 0.356 e. The first-order valence-electron chi connectivity index (χ1n) is 8.17. The van der Waals surface area contributed by atoms with Gasteiger partial charge in [0.1, 0.15) is 0 Å². The molecule has 0 saturated heterocycles. The van der Waals surface area contributed by atoms with Crippen LogP contribution < -0.4 is 10.2 Å². The highest BCUT2D eigenvalue weighted by atomic mass is 16.4. The van der Waals surface area contributed by atoms with E-state index in [1.165, 1.54) is 18.2 Å². The van der Waals surface area contributed by atoms with Gasteiger partial charge in [0, 0.05) is 24.4 Å². The first-order valence-corrected chi connectivity index (χ1v) is 8.17. The lowest BCUT2D eigenvalue weighted by Gasteiger charge is -2.28. The number of aromatic carboxylic acids is 1. The predicted octanol–water partition coefficient (Wildman–Crippen LogP) is 1.26. The molecule has 0 bridgehead atoms. The number of nitrogens with one attached hydrogen (secondary N) is 2. The van der Waals surface area contributed by atoms with Gasteiger partial charge in [0.15, 0.2) is 5.69 Å². The fraction of sp³-hybridized carbons (Fsp3) is 0.222. The molecule has 0 aliphatic carbocycles. The summed E-state index contributed by atoms with van der Waals surface area (Å²) in [6.45, 7) is 0.706.